The Morgan fingerprint density at radius 3 is 2.21 bits per heavy atom. The van der Waals surface area contributed by atoms with Crippen LogP contribution in [0.5, 0.6) is 0 Å². The van der Waals surface area contributed by atoms with Gasteiger partial charge in [0.25, 0.3) is 0 Å². The van der Waals surface area contributed by atoms with Crippen LogP contribution in [0.25, 0.3) is 0 Å². The lowest BCUT2D eigenvalue weighted by molar-refractivity contribution is -0.112. The molecule has 0 rings (SSSR count). The van der Waals surface area contributed by atoms with Crippen molar-refractivity contribution in [3.05, 3.63) is 0 Å². The summed E-state index contributed by atoms with van der Waals surface area (Å²) < 4.78 is 5.27. The number of hydrogen-bond acceptors (Lipinski definition) is 2. The molecule has 0 saturated carbocycles. The molecule has 0 aliphatic heterocycles. The van der Waals surface area contributed by atoms with E-state index in [9.17, 15) is 5.11 Å². The van der Waals surface area contributed by atoms with Crippen LogP contribution in [0.2, 0.25) is 0 Å². The highest BCUT2D eigenvalue weighted by atomic mass is 16.6. The molecule has 2 nitrogen and oxygen atoms in total. The molecule has 0 aromatic rings. The fraction of sp³-hybridized carbons (Fsp3) is 1.00. The van der Waals surface area contributed by atoms with Crippen molar-refractivity contribution in [2.24, 2.45) is 11.3 Å². The highest BCUT2D eigenvalue weighted by molar-refractivity contribution is 4.61. The molecule has 0 saturated heterocycles. The summed E-state index contributed by atoms with van der Waals surface area (Å²) in [4.78, 5) is 0. The predicted molar refractivity (Wildman–Crippen MR) is 60.1 cm³/mol. The Morgan fingerprint density at radius 2 is 1.79 bits per heavy atom. The van der Waals surface area contributed by atoms with E-state index in [0.29, 0.717) is 17.9 Å². The molecule has 0 spiro atoms. The second kappa shape index (κ2) is 6.41. The summed E-state index contributed by atoms with van der Waals surface area (Å²) in [5.74, 6) is 0.493. The number of hydrogen-bond donors (Lipinski definition) is 1. The van der Waals surface area contributed by atoms with Crippen LogP contribution in [0.3, 0.4) is 0 Å². The van der Waals surface area contributed by atoms with Gasteiger partial charge in [0.15, 0.2) is 6.29 Å². The maximum atomic E-state index is 9.47. The fourth-order valence-electron chi connectivity index (χ4n) is 1.19. The van der Waals surface area contributed by atoms with Gasteiger partial charge in [-0.2, -0.15) is 0 Å². The highest BCUT2D eigenvalue weighted by Crippen LogP contribution is 2.22. The maximum Gasteiger partial charge on any atom is 0.154 e. The van der Waals surface area contributed by atoms with E-state index in [-0.39, 0.29) is 0 Å². The van der Waals surface area contributed by atoms with Gasteiger partial charge >= 0.3 is 0 Å². The molecule has 14 heavy (non-hydrogen) atoms. The van der Waals surface area contributed by atoms with E-state index in [1.165, 1.54) is 0 Å². The average molecular weight is 202 g/mol. The molecule has 0 amide bonds. The van der Waals surface area contributed by atoms with Crippen molar-refractivity contribution in [2.75, 3.05) is 6.61 Å². The molecule has 1 atom stereocenters. The first-order valence-electron chi connectivity index (χ1n) is 5.61. The minimum Gasteiger partial charge on any atom is -0.368 e. The van der Waals surface area contributed by atoms with Gasteiger partial charge in [-0.05, 0) is 30.6 Å². The first kappa shape index (κ1) is 13.9. The van der Waals surface area contributed by atoms with E-state index in [4.69, 9.17) is 4.74 Å². The minimum absolute atomic E-state index is 0.359. The van der Waals surface area contributed by atoms with Gasteiger partial charge in [-0.25, -0.2) is 0 Å². The smallest absolute Gasteiger partial charge is 0.154 e. The average Bonchev–Trinajstić information content (AvgIpc) is 1.98. The Kier molecular flexibility index (Phi) is 6.38. The van der Waals surface area contributed by atoms with Crippen LogP contribution < -0.4 is 0 Å². The quantitative estimate of drug-likeness (QED) is 0.670. The molecular formula is C12H26O2. The van der Waals surface area contributed by atoms with Crippen LogP contribution in [-0.4, -0.2) is 18.0 Å². The first-order chi connectivity index (χ1) is 6.31. The monoisotopic (exact) mass is 202 g/mol. The lowest BCUT2D eigenvalue weighted by atomic mass is 9.90. The summed E-state index contributed by atoms with van der Waals surface area (Å²) in [7, 11) is 0. The summed E-state index contributed by atoms with van der Waals surface area (Å²) in [5, 5.41) is 9.47. The van der Waals surface area contributed by atoms with Crippen LogP contribution in [-0.2, 0) is 4.74 Å². The van der Waals surface area contributed by atoms with Gasteiger partial charge in [0.2, 0.25) is 0 Å². The van der Waals surface area contributed by atoms with Crippen molar-refractivity contribution in [1.29, 1.82) is 0 Å². The molecule has 0 bridgehead atoms. The molecule has 0 heterocycles. The normalized spacial score (nSPS) is 14.8. The maximum absolute atomic E-state index is 9.47. The summed E-state index contributed by atoms with van der Waals surface area (Å²) in [6, 6.07) is 0. The van der Waals surface area contributed by atoms with Gasteiger partial charge in [0, 0.05) is 0 Å². The van der Waals surface area contributed by atoms with Gasteiger partial charge in [0.05, 0.1) is 6.61 Å². The summed E-state index contributed by atoms with van der Waals surface area (Å²) >= 11 is 0. The molecule has 0 aromatic heterocycles. The van der Waals surface area contributed by atoms with Crippen LogP contribution in [0, 0.1) is 11.3 Å². The Bertz CT molecular complexity index is 136. The van der Waals surface area contributed by atoms with E-state index >= 15 is 0 Å². The van der Waals surface area contributed by atoms with Gasteiger partial charge in [-0.3, -0.25) is 0 Å². The van der Waals surface area contributed by atoms with Gasteiger partial charge in [-0.1, -0.05) is 34.6 Å². The standard InChI is InChI=1S/C12H26O2/c1-10(2)9-14-11(13)7-6-8-12(3,4)5/h10-11,13H,6-9H2,1-5H3. The highest BCUT2D eigenvalue weighted by Gasteiger charge is 2.11. The van der Waals surface area contributed by atoms with Crippen LogP contribution in [0.15, 0.2) is 0 Å². The Morgan fingerprint density at radius 1 is 1.21 bits per heavy atom. The van der Waals surface area contributed by atoms with E-state index < -0.39 is 6.29 Å². The zero-order chi connectivity index (χ0) is 11.2. The summed E-state index contributed by atoms with van der Waals surface area (Å²) in [6.07, 6.45) is 2.35. The van der Waals surface area contributed by atoms with Gasteiger partial charge in [0.1, 0.15) is 0 Å². The van der Waals surface area contributed by atoms with Crippen molar-refractivity contribution in [2.45, 2.75) is 60.2 Å². The molecular weight excluding hydrogens is 176 g/mol. The SMILES string of the molecule is CC(C)COC(O)CCCC(C)(C)C. The fourth-order valence-corrected chi connectivity index (χ4v) is 1.19. The molecule has 1 N–H and O–H groups in total. The van der Waals surface area contributed by atoms with E-state index in [1.54, 1.807) is 0 Å². The van der Waals surface area contributed by atoms with Gasteiger partial charge < -0.3 is 9.84 Å². The first-order valence-corrected chi connectivity index (χ1v) is 5.61. The third-order valence-electron chi connectivity index (χ3n) is 2.00. The van der Waals surface area contributed by atoms with Crippen molar-refractivity contribution in [3.8, 4) is 0 Å². The lowest BCUT2D eigenvalue weighted by Gasteiger charge is -2.19. The largest absolute Gasteiger partial charge is 0.368 e. The number of ether oxygens (including phenoxy) is 1. The number of aliphatic hydroxyl groups excluding tert-OH is 1. The molecule has 0 aromatic carbocycles. The molecule has 86 valence electrons. The molecule has 0 aliphatic carbocycles. The molecule has 2 heteroatoms. The second-order valence-electron chi connectivity index (χ2n) is 5.63. The lowest BCUT2D eigenvalue weighted by Crippen LogP contribution is -2.16. The van der Waals surface area contributed by atoms with Crippen molar-refractivity contribution in [1.82, 2.24) is 0 Å². The Hall–Kier alpha value is -0.0800. The zero-order valence-corrected chi connectivity index (χ0v) is 10.3. The second-order valence-corrected chi connectivity index (χ2v) is 5.63. The molecule has 1 unspecified atom stereocenters. The topological polar surface area (TPSA) is 29.5 Å². The van der Waals surface area contributed by atoms with Crippen LogP contribution in [0.1, 0.15) is 53.9 Å². The van der Waals surface area contributed by atoms with E-state index in [0.717, 1.165) is 19.3 Å². The van der Waals surface area contributed by atoms with Crippen molar-refractivity contribution in [3.63, 3.8) is 0 Å². The van der Waals surface area contributed by atoms with Crippen molar-refractivity contribution >= 4 is 0 Å². The molecule has 0 fully saturated rings. The number of aliphatic hydroxyl groups is 1. The zero-order valence-electron chi connectivity index (χ0n) is 10.3. The summed E-state index contributed by atoms with van der Waals surface area (Å²) in [6.45, 7) is 11.5. The summed E-state index contributed by atoms with van der Waals surface area (Å²) in [5.41, 5.74) is 0.359. The predicted octanol–water partition coefficient (Wildman–Crippen LogP) is 3.19. The van der Waals surface area contributed by atoms with E-state index in [1.807, 2.05) is 0 Å². The third-order valence-corrected chi connectivity index (χ3v) is 2.00. The van der Waals surface area contributed by atoms with Crippen LogP contribution in [0.4, 0.5) is 0 Å². The Balaban J connectivity index is 3.40. The molecule has 0 radical (unpaired) electrons. The van der Waals surface area contributed by atoms with Crippen LogP contribution >= 0.6 is 0 Å². The Labute approximate surface area is 88.7 Å². The third kappa shape index (κ3) is 10.0. The van der Waals surface area contributed by atoms with Crippen molar-refractivity contribution < 1.29 is 9.84 Å². The minimum atomic E-state index is -0.570. The van der Waals surface area contributed by atoms with E-state index in [2.05, 4.69) is 34.6 Å². The molecule has 0 aliphatic rings. The number of rotatable bonds is 6. The van der Waals surface area contributed by atoms with Gasteiger partial charge in [-0.15, -0.1) is 0 Å².